The van der Waals surface area contributed by atoms with Crippen molar-refractivity contribution in [3.05, 3.63) is 33.8 Å². The number of nitrogens with one attached hydrogen (secondary N) is 1. The Labute approximate surface area is 129 Å². The molecule has 1 aromatic carbocycles. The summed E-state index contributed by atoms with van der Waals surface area (Å²) in [5.41, 5.74) is 0.856. The first kappa shape index (κ1) is 15.6. The highest BCUT2D eigenvalue weighted by Gasteiger charge is 2.42. The zero-order valence-corrected chi connectivity index (χ0v) is 13.0. The van der Waals surface area contributed by atoms with Crippen molar-refractivity contribution in [1.29, 1.82) is 0 Å². The molecule has 1 aliphatic rings. The van der Waals surface area contributed by atoms with Gasteiger partial charge in [-0.15, -0.1) is 0 Å². The minimum Gasteiger partial charge on any atom is -0.396 e. The maximum absolute atomic E-state index is 12.1. The SMILES string of the molecule is CC(Cc1ccc(Cl)cc1Cl)C(=O)NCC1(CO)CC1. The topological polar surface area (TPSA) is 49.3 Å². The van der Waals surface area contributed by atoms with Crippen LogP contribution in [0, 0.1) is 11.3 Å². The summed E-state index contributed by atoms with van der Waals surface area (Å²) in [6, 6.07) is 5.32. The van der Waals surface area contributed by atoms with Gasteiger partial charge in [0.15, 0.2) is 0 Å². The highest BCUT2D eigenvalue weighted by atomic mass is 35.5. The summed E-state index contributed by atoms with van der Waals surface area (Å²) in [6.45, 7) is 2.57. The van der Waals surface area contributed by atoms with Gasteiger partial charge in [-0.05, 0) is 37.0 Å². The van der Waals surface area contributed by atoms with Gasteiger partial charge in [-0.1, -0.05) is 36.2 Å². The number of aliphatic hydroxyl groups excluding tert-OH is 1. The van der Waals surface area contributed by atoms with Crippen LogP contribution in [-0.2, 0) is 11.2 Å². The lowest BCUT2D eigenvalue weighted by molar-refractivity contribution is -0.124. The molecule has 0 heterocycles. The standard InChI is InChI=1S/C15H19Cl2NO2/c1-10(6-11-2-3-12(16)7-13(11)17)14(20)18-8-15(9-19)4-5-15/h2-3,7,10,19H,4-6,8-9H2,1H3,(H,18,20). The summed E-state index contributed by atoms with van der Waals surface area (Å²) in [4.78, 5) is 12.1. The molecule has 1 saturated carbocycles. The largest absolute Gasteiger partial charge is 0.396 e. The summed E-state index contributed by atoms with van der Waals surface area (Å²) in [5.74, 6) is -0.168. The normalized spacial score (nSPS) is 17.6. The fourth-order valence-corrected chi connectivity index (χ4v) is 2.61. The molecule has 1 aromatic rings. The number of amides is 1. The fraction of sp³-hybridized carbons (Fsp3) is 0.533. The highest BCUT2D eigenvalue weighted by Crippen LogP contribution is 2.44. The molecule has 0 aromatic heterocycles. The minimum absolute atomic E-state index is 0.00394. The summed E-state index contributed by atoms with van der Waals surface area (Å²) in [5, 5.41) is 13.3. The number of halogens is 2. The highest BCUT2D eigenvalue weighted by molar-refractivity contribution is 6.35. The molecule has 0 radical (unpaired) electrons. The quantitative estimate of drug-likeness (QED) is 0.847. The van der Waals surface area contributed by atoms with Gasteiger partial charge >= 0.3 is 0 Å². The number of hydrogen-bond acceptors (Lipinski definition) is 2. The van der Waals surface area contributed by atoms with E-state index in [0.717, 1.165) is 18.4 Å². The van der Waals surface area contributed by atoms with Crippen molar-refractivity contribution in [2.45, 2.75) is 26.2 Å². The van der Waals surface area contributed by atoms with Crippen molar-refractivity contribution in [3.63, 3.8) is 0 Å². The van der Waals surface area contributed by atoms with Gasteiger partial charge in [0, 0.05) is 27.9 Å². The molecular weight excluding hydrogens is 297 g/mol. The van der Waals surface area contributed by atoms with Crippen LogP contribution in [0.3, 0.4) is 0 Å². The van der Waals surface area contributed by atoms with Gasteiger partial charge in [0.1, 0.15) is 0 Å². The first-order valence-electron chi connectivity index (χ1n) is 6.78. The molecule has 0 saturated heterocycles. The zero-order valence-electron chi connectivity index (χ0n) is 11.5. The first-order valence-corrected chi connectivity index (χ1v) is 7.54. The van der Waals surface area contributed by atoms with E-state index >= 15 is 0 Å². The molecule has 1 fully saturated rings. The van der Waals surface area contributed by atoms with Crippen LogP contribution in [0.25, 0.3) is 0 Å². The lowest BCUT2D eigenvalue weighted by Gasteiger charge is -2.16. The second-order valence-corrected chi connectivity index (χ2v) is 6.56. The predicted molar refractivity (Wildman–Crippen MR) is 81.1 cm³/mol. The Hall–Kier alpha value is -0.770. The van der Waals surface area contributed by atoms with Gasteiger partial charge in [0.25, 0.3) is 0 Å². The molecule has 3 nitrogen and oxygen atoms in total. The maximum Gasteiger partial charge on any atom is 0.223 e. The molecule has 1 unspecified atom stereocenters. The Morgan fingerprint density at radius 2 is 2.15 bits per heavy atom. The van der Waals surface area contributed by atoms with Crippen molar-refractivity contribution in [2.75, 3.05) is 13.2 Å². The second-order valence-electron chi connectivity index (χ2n) is 5.72. The van der Waals surface area contributed by atoms with Gasteiger partial charge in [-0.2, -0.15) is 0 Å². The number of hydrogen-bond donors (Lipinski definition) is 2. The van der Waals surface area contributed by atoms with Crippen LogP contribution in [0.15, 0.2) is 18.2 Å². The third-order valence-corrected chi connectivity index (χ3v) is 4.51. The van der Waals surface area contributed by atoms with Crippen LogP contribution in [0.1, 0.15) is 25.3 Å². The van der Waals surface area contributed by atoms with E-state index in [4.69, 9.17) is 23.2 Å². The monoisotopic (exact) mass is 315 g/mol. The van der Waals surface area contributed by atoms with Crippen LogP contribution >= 0.6 is 23.2 Å². The molecule has 2 rings (SSSR count). The van der Waals surface area contributed by atoms with E-state index in [1.165, 1.54) is 0 Å². The van der Waals surface area contributed by atoms with Crippen LogP contribution in [0.2, 0.25) is 10.0 Å². The van der Waals surface area contributed by atoms with Crippen molar-refractivity contribution in [1.82, 2.24) is 5.32 Å². The molecule has 1 amide bonds. The Morgan fingerprint density at radius 1 is 1.45 bits per heavy atom. The van der Waals surface area contributed by atoms with E-state index in [2.05, 4.69) is 5.32 Å². The minimum atomic E-state index is -0.164. The van der Waals surface area contributed by atoms with Crippen molar-refractivity contribution < 1.29 is 9.90 Å². The third-order valence-electron chi connectivity index (χ3n) is 3.92. The predicted octanol–water partition coefficient (Wildman–Crippen LogP) is 3.06. The Morgan fingerprint density at radius 3 is 2.70 bits per heavy atom. The van der Waals surface area contributed by atoms with E-state index in [1.807, 2.05) is 13.0 Å². The van der Waals surface area contributed by atoms with E-state index in [9.17, 15) is 9.90 Å². The number of benzene rings is 1. The summed E-state index contributed by atoms with van der Waals surface area (Å²) in [7, 11) is 0. The Kier molecular flexibility index (Phi) is 4.95. The molecule has 0 bridgehead atoms. The van der Waals surface area contributed by atoms with Gasteiger partial charge in [0.2, 0.25) is 5.91 Å². The molecule has 0 spiro atoms. The first-order chi connectivity index (χ1) is 9.46. The van der Waals surface area contributed by atoms with Crippen LogP contribution in [-0.4, -0.2) is 24.2 Å². The number of rotatable bonds is 6. The summed E-state index contributed by atoms with van der Waals surface area (Å²) >= 11 is 12.0. The number of carbonyl (C=O) groups excluding carboxylic acids is 1. The van der Waals surface area contributed by atoms with Gasteiger partial charge < -0.3 is 10.4 Å². The average molecular weight is 316 g/mol. The molecule has 1 aliphatic carbocycles. The van der Waals surface area contributed by atoms with Crippen molar-refractivity contribution >= 4 is 29.1 Å². The van der Waals surface area contributed by atoms with E-state index in [-0.39, 0.29) is 23.8 Å². The molecular formula is C15H19Cl2NO2. The zero-order chi connectivity index (χ0) is 14.8. The van der Waals surface area contributed by atoms with Gasteiger partial charge in [0.05, 0.1) is 6.61 Å². The summed E-state index contributed by atoms with van der Waals surface area (Å²) < 4.78 is 0. The van der Waals surface area contributed by atoms with Gasteiger partial charge in [-0.25, -0.2) is 0 Å². The molecule has 0 aliphatic heterocycles. The maximum atomic E-state index is 12.1. The second kappa shape index (κ2) is 6.33. The Bertz CT molecular complexity index is 501. The third kappa shape index (κ3) is 3.87. The van der Waals surface area contributed by atoms with Crippen LogP contribution in [0.5, 0.6) is 0 Å². The molecule has 5 heteroatoms. The Balaban J connectivity index is 1.87. The van der Waals surface area contributed by atoms with Crippen molar-refractivity contribution in [3.8, 4) is 0 Å². The molecule has 2 N–H and O–H groups in total. The molecule has 1 atom stereocenters. The van der Waals surface area contributed by atoms with E-state index in [1.54, 1.807) is 12.1 Å². The van der Waals surface area contributed by atoms with Crippen LogP contribution < -0.4 is 5.32 Å². The smallest absolute Gasteiger partial charge is 0.223 e. The fourth-order valence-electron chi connectivity index (χ4n) is 2.13. The lowest BCUT2D eigenvalue weighted by atomic mass is 10.00. The molecule has 20 heavy (non-hydrogen) atoms. The number of aliphatic hydroxyl groups is 1. The van der Waals surface area contributed by atoms with Gasteiger partial charge in [-0.3, -0.25) is 4.79 Å². The van der Waals surface area contributed by atoms with Crippen molar-refractivity contribution in [2.24, 2.45) is 11.3 Å². The number of carbonyl (C=O) groups is 1. The average Bonchev–Trinajstić information content (AvgIpc) is 3.20. The van der Waals surface area contributed by atoms with Crippen LogP contribution in [0.4, 0.5) is 0 Å². The molecule has 110 valence electrons. The lowest BCUT2D eigenvalue weighted by Crippen LogP contribution is -2.36. The van der Waals surface area contributed by atoms with E-state index in [0.29, 0.717) is 23.0 Å². The van der Waals surface area contributed by atoms with E-state index < -0.39 is 0 Å². The summed E-state index contributed by atoms with van der Waals surface area (Å²) in [6.07, 6.45) is 2.55.